The Hall–Kier alpha value is -1.47. The summed E-state index contributed by atoms with van der Waals surface area (Å²) < 4.78 is 5.88. The zero-order valence-electron chi connectivity index (χ0n) is 22.2. The lowest BCUT2D eigenvalue weighted by atomic mass is 9.72. The number of anilines is 1. The molecule has 0 aromatic heterocycles. The first-order chi connectivity index (χ1) is 16.3. The third kappa shape index (κ3) is 4.15. The van der Waals surface area contributed by atoms with Gasteiger partial charge < -0.3 is 14.5 Å². The molecule has 3 fully saturated rings. The summed E-state index contributed by atoms with van der Waals surface area (Å²) in [6.45, 7) is 13.8. The number of carbonyl (C=O) groups is 2. The fourth-order valence-corrected chi connectivity index (χ4v) is 5.88. The zero-order chi connectivity index (χ0) is 25.4. The van der Waals surface area contributed by atoms with E-state index in [4.69, 9.17) is 17.3 Å². The first-order valence-corrected chi connectivity index (χ1v) is 13.7. The second-order valence-electron chi connectivity index (χ2n) is 12.9. The molecule has 1 aromatic carbocycles. The summed E-state index contributed by atoms with van der Waals surface area (Å²) in [5.74, 6) is 1.17. The van der Waals surface area contributed by atoms with Crippen molar-refractivity contribution in [1.29, 1.82) is 0 Å². The Balaban J connectivity index is 1.41. The second kappa shape index (κ2) is 8.27. The molecule has 2 aliphatic carbocycles. The molecule has 5 rings (SSSR count). The van der Waals surface area contributed by atoms with Crippen molar-refractivity contribution in [3.8, 4) is 0 Å². The van der Waals surface area contributed by atoms with Crippen LogP contribution in [0.25, 0.3) is 0 Å². The Morgan fingerprint density at radius 2 is 1.74 bits per heavy atom. The summed E-state index contributed by atoms with van der Waals surface area (Å²) in [5, 5.41) is 0. The maximum atomic E-state index is 14.1. The van der Waals surface area contributed by atoms with Crippen molar-refractivity contribution in [2.75, 3.05) is 18.0 Å². The van der Waals surface area contributed by atoms with E-state index >= 15 is 0 Å². The van der Waals surface area contributed by atoms with Crippen LogP contribution in [0.4, 0.5) is 5.69 Å². The van der Waals surface area contributed by atoms with E-state index in [9.17, 15) is 9.59 Å². The number of thiol groups is 1. The van der Waals surface area contributed by atoms with Gasteiger partial charge >= 0.3 is 7.48 Å². The minimum absolute atomic E-state index is 0.156. The quantitative estimate of drug-likeness (QED) is 0.475. The number of nitrogens with zero attached hydrogens (tertiary/aromatic N) is 2. The Morgan fingerprint density at radius 3 is 2.29 bits per heavy atom. The molecule has 5 nitrogen and oxygen atoms in total. The number of rotatable bonds is 6. The van der Waals surface area contributed by atoms with Gasteiger partial charge in [-0.05, 0) is 83.8 Å². The normalized spacial score (nSPS) is 27.0. The van der Waals surface area contributed by atoms with Gasteiger partial charge in [0.1, 0.15) is 0 Å². The van der Waals surface area contributed by atoms with E-state index in [1.54, 1.807) is 0 Å². The molecule has 4 aliphatic rings. The standard InChI is InChI=1S/C28H40BN2O3S/c1-18-15-20(16-18)31-22-17-19(29-34-25(2,3)26(4,5)35)7-8-21(22)28(24(31)33)11-13-30(14-12-28)23(32)27(6)9-10-27/h7-8,17-18,20,35H,9-16H2,1-6H3. The van der Waals surface area contributed by atoms with Crippen LogP contribution >= 0.6 is 12.6 Å². The number of amides is 2. The van der Waals surface area contributed by atoms with E-state index in [2.05, 4.69) is 50.8 Å². The summed E-state index contributed by atoms with van der Waals surface area (Å²) in [5.41, 5.74) is 2.02. The highest BCUT2D eigenvalue weighted by Gasteiger charge is 2.56. The molecule has 0 bridgehead atoms. The number of hydrogen-bond acceptors (Lipinski definition) is 4. The van der Waals surface area contributed by atoms with Crippen LogP contribution in [-0.4, -0.2) is 53.7 Å². The fraction of sp³-hybridized carbons (Fsp3) is 0.714. The third-order valence-electron chi connectivity index (χ3n) is 9.52. The van der Waals surface area contributed by atoms with Gasteiger partial charge in [0.25, 0.3) is 0 Å². The maximum Gasteiger partial charge on any atom is 0.330 e. The van der Waals surface area contributed by atoms with E-state index < -0.39 is 11.0 Å². The molecule has 1 aromatic rings. The molecule has 0 atom stereocenters. The molecule has 7 heteroatoms. The Labute approximate surface area is 217 Å². The monoisotopic (exact) mass is 495 g/mol. The number of piperidine rings is 1. The van der Waals surface area contributed by atoms with Crippen LogP contribution in [0.3, 0.4) is 0 Å². The summed E-state index contributed by atoms with van der Waals surface area (Å²) >= 11 is 4.71. The van der Waals surface area contributed by atoms with E-state index in [1.165, 1.54) is 0 Å². The summed E-state index contributed by atoms with van der Waals surface area (Å²) in [6, 6.07) is 6.62. The predicted molar refractivity (Wildman–Crippen MR) is 145 cm³/mol. The highest BCUT2D eigenvalue weighted by molar-refractivity contribution is 7.81. The van der Waals surface area contributed by atoms with Crippen molar-refractivity contribution in [3.63, 3.8) is 0 Å². The number of hydrogen-bond donors (Lipinski definition) is 1. The van der Waals surface area contributed by atoms with Crippen molar-refractivity contribution in [2.24, 2.45) is 11.3 Å². The second-order valence-corrected chi connectivity index (χ2v) is 14.0. The average Bonchev–Trinajstić information content (AvgIpc) is 3.49. The van der Waals surface area contributed by atoms with Crippen molar-refractivity contribution >= 4 is 43.1 Å². The summed E-state index contributed by atoms with van der Waals surface area (Å²) in [4.78, 5) is 31.2. The number of likely N-dealkylation sites (tertiary alicyclic amines) is 1. The molecule has 2 heterocycles. The van der Waals surface area contributed by atoms with Gasteiger partial charge in [-0.3, -0.25) is 9.59 Å². The van der Waals surface area contributed by atoms with Gasteiger partial charge in [-0.2, -0.15) is 12.6 Å². The van der Waals surface area contributed by atoms with Crippen molar-refractivity contribution in [2.45, 2.75) is 102 Å². The van der Waals surface area contributed by atoms with Crippen LogP contribution < -0.4 is 10.4 Å². The minimum atomic E-state index is -0.513. The third-order valence-corrected chi connectivity index (χ3v) is 10.1. The number of fused-ring (bicyclic) bond motifs is 2. The van der Waals surface area contributed by atoms with Crippen LogP contribution in [0.1, 0.15) is 85.6 Å². The zero-order valence-corrected chi connectivity index (χ0v) is 23.1. The molecule has 2 saturated carbocycles. The van der Waals surface area contributed by atoms with Crippen LogP contribution in [0.15, 0.2) is 18.2 Å². The van der Waals surface area contributed by atoms with Crippen LogP contribution in [0.2, 0.25) is 0 Å². The molecule has 0 unspecified atom stereocenters. The largest absolute Gasteiger partial charge is 0.428 e. The van der Waals surface area contributed by atoms with E-state index in [1.807, 2.05) is 26.2 Å². The van der Waals surface area contributed by atoms with Crippen LogP contribution in [0.5, 0.6) is 0 Å². The summed E-state index contributed by atoms with van der Waals surface area (Å²) in [6.07, 6.45) is 5.50. The van der Waals surface area contributed by atoms with E-state index in [-0.39, 0.29) is 28.0 Å². The first-order valence-electron chi connectivity index (χ1n) is 13.3. The lowest BCUT2D eigenvalue weighted by Crippen LogP contribution is -2.54. The van der Waals surface area contributed by atoms with Gasteiger partial charge in [0.2, 0.25) is 11.8 Å². The Kier molecular flexibility index (Phi) is 5.96. The number of carbonyl (C=O) groups excluding carboxylic acids is 2. The first kappa shape index (κ1) is 25.2. The maximum absolute atomic E-state index is 14.1. The summed E-state index contributed by atoms with van der Waals surface area (Å²) in [7, 11) is 1.81. The van der Waals surface area contributed by atoms with Crippen molar-refractivity contribution < 1.29 is 14.2 Å². The van der Waals surface area contributed by atoms with Gasteiger partial charge in [-0.1, -0.05) is 31.4 Å². The molecule has 1 radical (unpaired) electrons. The Morgan fingerprint density at radius 1 is 1.11 bits per heavy atom. The van der Waals surface area contributed by atoms with Gasteiger partial charge in [-0.25, -0.2) is 0 Å². The lowest BCUT2D eigenvalue weighted by molar-refractivity contribution is -0.140. The molecule has 0 N–H and O–H groups in total. The SMILES string of the molecule is CC1CC(N2C(=O)C3(CCN(C(=O)C4(C)CC4)CC3)c3ccc([B]OC(C)(C)C(C)(C)S)cc32)C1. The molecule has 189 valence electrons. The highest BCUT2D eigenvalue weighted by atomic mass is 32.1. The Bertz CT molecular complexity index is 1030. The molecule has 1 spiro atoms. The molecule has 1 saturated heterocycles. The smallest absolute Gasteiger partial charge is 0.330 e. The highest BCUT2D eigenvalue weighted by Crippen LogP contribution is 2.52. The molecule has 2 aliphatic heterocycles. The van der Waals surface area contributed by atoms with E-state index in [0.29, 0.717) is 31.8 Å². The van der Waals surface area contributed by atoms with Crippen LogP contribution in [-0.2, 0) is 19.7 Å². The fourth-order valence-electron chi connectivity index (χ4n) is 5.83. The van der Waals surface area contributed by atoms with Gasteiger partial charge in [0.05, 0.1) is 11.0 Å². The van der Waals surface area contributed by atoms with Gasteiger partial charge in [-0.15, -0.1) is 0 Å². The molecular weight excluding hydrogens is 455 g/mol. The van der Waals surface area contributed by atoms with Crippen molar-refractivity contribution in [1.82, 2.24) is 4.90 Å². The van der Waals surface area contributed by atoms with Gasteiger partial charge in [0.15, 0.2) is 0 Å². The molecule has 2 amide bonds. The predicted octanol–water partition coefficient (Wildman–Crippen LogP) is 4.24. The topological polar surface area (TPSA) is 49.9 Å². The minimum Gasteiger partial charge on any atom is -0.428 e. The van der Waals surface area contributed by atoms with Crippen LogP contribution in [0, 0.1) is 11.3 Å². The van der Waals surface area contributed by atoms with E-state index in [0.717, 1.165) is 42.4 Å². The van der Waals surface area contributed by atoms with Crippen molar-refractivity contribution in [3.05, 3.63) is 23.8 Å². The lowest BCUT2D eigenvalue weighted by Gasteiger charge is -2.43. The van der Waals surface area contributed by atoms with Gasteiger partial charge in [0, 0.05) is 35.0 Å². The average molecular weight is 496 g/mol. The number of benzene rings is 1. The molecular formula is C28H40BN2O3S. The molecule has 35 heavy (non-hydrogen) atoms.